The van der Waals surface area contributed by atoms with Crippen LogP contribution in [0.1, 0.15) is 21.6 Å². The third-order valence-corrected chi connectivity index (χ3v) is 4.33. The number of anilines is 1. The van der Waals surface area contributed by atoms with Crippen molar-refractivity contribution in [1.29, 1.82) is 0 Å². The molecule has 1 aromatic carbocycles. The zero-order chi connectivity index (χ0) is 21.5. The van der Waals surface area contributed by atoms with Crippen molar-refractivity contribution in [2.24, 2.45) is 0 Å². The third-order valence-electron chi connectivity index (χ3n) is 4.03. The molecule has 30 heavy (non-hydrogen) atoms. The predicted molar refractivity (Wildman–Crippen MR) is 114 cm³/mol. The fourth-order valence-corrected chi connectivity index (χ4v) is 2.68. The minimum Gasteiger partial charge on any atom is -0.457 e. The number of halogens is 1. The van der Waals surface area contributed by atoms with Gasteiger partial charge in [-0.2, -0.15) is 0 Å². The highest BCUT2D eigenvalue weighted by Crippen LogP contribution is 2.22. The largest absolute Gasteiger partial charge is 0.457 e. The summed E-state index contributed by atoms with van der Waals surface area (Å²) in [5, 5.41) is 8.18. The molecule has 0 aliphatic carbocycles. The molecule has 9 heteroatoms. The molecule has 3 aromatic rings. The summed E-state index contributed by atoms with van der Waals surface area (Å²) in [6, 6.07) is 11.8. The van der Waals surface area contributed by atoms with E-state index in [9.17, 15) is 9.59 Å². The summed E-state index contributed by atoms with van der Waals surface area (Å²) in [6.07, 6.45) is 3.13. The quantitative estimate of drug-likeness (QED) is 0.519. The van der Waals surface area contributed by atoms with Crippen molar-refractivity contribution in [2.75, 3.05) is 12.4 Å². The van der Waals surface area contributed by atoms with Crippen LogP contribution in [-0.2, 0) is 6.54 Å². The van der Waals surface area contributed by atoms with Crippen LogP contribution in [0.15, 0.2) is 54.9 Å². The Balaban J connectivity index is 1.55. The highest BCUT2D eigenvalue weighted by Gasteiger charge is 2.08. The average Bonchev–Trinajstić information content (AvgIpc) is 2.75. The van der Waals surface area contributed by atoms with E-state index in [0.29, 0.717) is 23.7 Å². The van der Waals surface area contributed by atoms with Crippen molar-refractivity contribution >= 4 is 29.2 Å². The van der Waals surface area contributed by atoms with Gasteiger partial charge in [0, 0.05) is 32.1 Å². The van der Waals surface area contributed by atoms with Crippen molar-refractivity contribution in [1.82, 2.24) is 20.6 Å². The van der Waals surface area contributed by atoms with Crippen molar-refractivity contribution in [2.45, 2.75) is 13.5 Å². The van der Waals surface area contributed by atoms with Crippen LogP contribution < -0.4 is 20.7 Å². The molecular formula is C21H20ClN5O3. The summed E-state index contributed by atoms with van der Waals surface area (Å²) in [5.74, 6) is 0.801. The normalized spacial score (nSPS) is 10.2. The summed E-state index contributed by atoms with van der Waals surface area (Å²) in [5.41, 5.74) is 2.49. The van der Waals surface area contributed by atoms with Crippen LogP contribution >= 0.6 is 11.6 Å². The Morgan fingerprint density at radius 2 is 1.83 bits per heavy atom. The standard InChI is InChI=1S/C21H20ClN5O3/c1-13-9-17(19(22)25-11-13)27-21(29)26-12-14-3-5-15(6-4-14)30-16-7-8-24-18(10-16)20(28)23-2/h3-11H,12H2,1-2H3,(H,23,28)(H2,26,27,29). The molecular weight excluding hydrogens is 406 g/mol. The first-order valence-electron chi connectivity index (χ1n) is 9.06. The first kappa shape index (κ1) is 21.1. The molecule has 3 rings (SSSR count). The van der Waals surface area contributed by atoms with E-state index in [1.807, 2.05) is 19.1 Å². The number of aromatic nitrogens is 2. The van der Waals surface area contributed by atoms with Gasteiger partial charge in [0.05, 0.1) is 5.69 Å². The summed E-state index contributed by atoms with van der Waals surface area (Å²) in [7, 11) is 1.54. The van der Waals surface area contributed by atoms with Crippen molar-refractivity contribution in [3.05, 3.63) is 76.8 Å². The Morgan fingerprint density at radius 3 is 2.57 bits per heavy atom. The number of hydrogen-bond donors (Lipinski definition) is 3. The second kappa shape index (κ2) is 9.71. The first-order valence-corrected chi connectivity index (χ1v) is 9.44. The van der Waals surface area contributed by atoms with E-state index in [1.165, 1.54) is 13.2 Å². The van der Waals surface area contributed by atoms with Crippen LogP contribution in [0.25, 0.3) is 0 Å². The lowest BCUT2D eigenvalue weighted by Gasteiger charge is -2.10. The lowest BCUT2D eigenvalue weighted by molar-refractivity contribution is 0.0958. The number of hydrogen-bond acceptors (Lipinski definition) is 5. The van der Waals surface area contributed by atoms with Gasteiger partial charge in [-0.1, -0.05) is 23.7 Å². The molecule has 0 aliphatic heterocycles. The van der Waals surface area contributed by atoms with Gasteiger partial charge in [-0.25, -0.2) is 9.78 Å². The topological polar surface area (TPSA) is 105 Å². The van der Waals surface area contributed by atoms with Crippen molar-refractivity contribution in [3.8, 4) is 11.5 Å². The number of aryl methyl sites for hydroxylation is 1. The van der Waals surface area contributed by atoms with Gasteiger partial charge in [-0.3, -0.25) is 9.78 Å². The number of benzene rings is 1. The maximum atomic E-state index is 12.1. The van der Waals surface area contributed by atoms with Gasteiger partial charge in [-0.15, -0.1) is 0 Å². The fourth-order valence-electron chi connectivity index (χ4n) is 2.53. The van der Waals surface area contributed by atoms with E-state index in [1.54, 1.807) is 36.5 Å². The fraction of sp³-hybridized carbons (Fsp3) is 0.143. The van der Waals surface area contributed by atoms with E-state index in [2.05, 4.69) is 25.9 Å². The van der Waals surface area contributed by atoms with Gasteiger partial charge in [0.25, 0.3) is 5.91 Å². The zero-order valence-corrected chi connectivity index (χ0v) is 17.2. The van der Waals surface area contributed by atoms with E-state index >= 15 is 0 Å². The molecule has 3 N–H and O–H groups in total. The van der Waals surface area contributed by atoms with Gasteiger partial charge in [0.1, 0.15) is 17.2 Å². The second-order valence-corrected chi connectivity index (χ2v) is 6.72. The van der Waals surface area contributed by atoms with E-state index in [0.717, 1.165) is 11.1 Å². The molecule has 0 saturated carbocycles. The summed E-state index contributed by atoms with van der Waals surface area (Å²) in [6.45, 7) is 2.18. The second-order valence-electron chi connectivity index (χ2n) is 6.36. The highest BCUT2D eigenvalue weighted by molar-refractivity contribution is 6.32. The predicted octanol–water partition coefficient (Wildman–Crippen LogP) is 3.91. The van der Waals surface area contributed by atoms with Gasteiger partial charge in [0.2, 0.25) is 0 Å². The molecule has 0 fully saturated rings. The Kier molecular flexibility index (Phi) is 6.82. The molecule has 2 aromatic heterocycles. The minimum atomic E-state index is -0.386. The lowest BCUT2D eigenvalue weighted by atomic mass is 10.2. The SMILES string of the molecule is CNC(=O)c1cc(Oc2ccc(CNC(=O)Nc3cc(C)cnc3Cl)cc2)ccn1. The Bertz CT molecular complexity index is 1060. The maximum Gasteiger partial charge on any atom is 0.319 e. The molecule has 3 amide bonds. The van der Waals surface area contributed by atoms with E-state index in [-0.39, 0.29) is 22.8 Å². The van der Waals surface area contributed by atoms with Crippen LogP contribution in [-0.4, -0.2) is 29.0 Å². The number of nitrogens with zero attached hydrogens (tertiary/aromatic N) is 2. The number of ether oxygens (including phenoxy) is 1. The van der Waals surface area contributed by atoms with Crippen LogP contribution in [0.5, 0.6) is 11.5 Å². The number of urea groups is 1. The monoisotopic (exact) mass is 425 g/mol. The molecule has 0 saturated heterocycles. The van der Waals surface area contributed by atoms with Crippen LogP contribution in [0.2, 0.25) is 5.15 Å². The van der Waals surface area contributed by atoms with Crippen molar-refractivity contribution in [3.63, 3.8) is 0 Å². The molecule has 0 bridgehead atoms. The zero-order valence-electron chi connectivity index (χ0n) is 16.4. The summed E-state index contributed by atoms with van der Waals surface area (Å²) in [4.78, 5) is 31.8. The molecule has 0 unspecified atom stereocenters. The summed E-state index contributed by atoms with van der Waals surface area (Å²) < 4.78 is 5.76. The Hall–Kier alpha value is -3.65. The first-order chi connectivity index (χ1) is 14.4. The van der Waals surface area contributed by atoms with Crippen LogP contribution in [0.4, 0.5) is 10.5 Å². The van der Waals surface area contributed by atoms with Gasteiger partial charge in [-0.05, 0) is 42.3 Å². The third kappa shape index (κ3) is 5.68. The molecule has 0 atom stereocenters. The lowest BCUT2D eigenvalue weighted by Crippen LogP contribution is -2.28. The smallest absolute Gasteiger partial charge is 0.319 e. The van der Waals surface area contributed by atoms with Crippen LogP contribution in [0.3, 0.4) is 0 Å². The minimum absolute atomic E-state index is 0.230. The Labute approximate surface area is 178 Å². The highest BCUT2D eigenvalue weighted by atomic mass is 35.5. The number of nitrogens with one attached hydrogen (secondary N) is 3. The maximum absolute atomic E-state index is 12.1. The molecule has 154 valence electrons. The van der Waals surface area contributed by atoms with Gasteiger partial charge < -0.3 is 20.7 Å². The van der Waals surface area contributed by atoms with Gasteiger partial charge >= 0.3 is 6.03 Å². The van der Waals surface area contributed by atoms with Crippen LogP contribution in [0, 0.1) is 6.92 Å². The number of carbonyl (C=O) groups is 2. The van der Waals surface area contributed by atoms with E-state index < -0.39 is 0 Å². The number of pyridine rings is 2. The van der Waals surface area contributed by atoms with Crippen molar-refractivity contribution < 1.29 is 14.3 Å². The number of rotatable bonds is 6. The number of carbonyl (C=O) groups excluding carboxylic acids is 2. The average molecular weight is 426 g/mol. The molecule has 8 nitrogen and oxygen atoms in total. The molecule has 0 spiro atoms. The molecule has 0 aliphatic rings. The number of amides is 3. The molecule has 0 radical (unpaired) electrons. The van der Waals surface area contributed by atoms with E-state index in [4.69, 9.17) is 16.3 Å². The van der Waals surface area contributed by atoms with Gasteiger partial charge in [0.15, 0.2) is 5.15 Å². The summed E-state index contributed by atoms with van der Waals surface area (Å²) >= 11 is 5.98. The molecule has 2 heterocycles. The Morgan fingerprint density at radius 1 is 1.07 bits per heavy atom.